The Labute approximate surface area is 163 Å². The Balaban J connectivity index is 0.00000225. The van der Waals surface area contributed by atoms with Crippen molar-refractivity contribution in [2.24, 2.45) is 12.0 Å². The average Bonchev–Trinajstić information content (AvgIpc) is 3.25. The van der Waals surface area contributed by atoms with E-state index in [0.717, 1.165) is 17.2 Å². The number of nitrogens with zero attached hydrogens (tertiary/aromatic N) is 6. The van der Waals surface area contributed by atoms with Gasteiger partial charge in [0.05, 0.1) is 24.5 Å². The average molecular weight is 452 g/mol. The first-order chi connectivity index (χ1) is 11.8. The van der Waals surface area contributed by atoms with E-state index in [1.165, 1.54) is 0 Å². The minimum absolute atomic E-state index is 0. The van der Waals surface area contributed by atoms with E-state index in [9.17, 15) is 0 Å². The van der Waals surface area contributed by atoms with E-state index in [-0.39, 0.29) is 24.0 Å². The number of para-hydroxylation sites is 1. The lowest BCUT2D eigenvalue weighted by Crippen LogP contribution is -2.37. The van der Waals surface area contributed by atoms with E-state index in [0.29, 0.717) is 19.0 Å². The molecule has 0 aliphatic carbocycles. The standard InChI is InChI=1S/C16H20N8.HI/c1-17-16(19-11-15-21-20-12-23(15)2)18-10-13-8-9-24(22-13)14-6-4-3-5-7-14;/h3-9,12H,10-11H2,1-2H3,(H2,17,18,19);1H. The van der Waals surface area contributed by atoms with Crippen molar-refractivity contribution in [3.8, 4) is 5.69 Å². The summed E-state index contributed by atoms with van der Waals surface area (Å²) in [7, 11) is 3.64. The lowest BCUT2D eigenvalue weighted by molar-refractivity contribution is 0.718. The number of guanidine groups is 1. The van der Waals surface area contributed by atoms with Crippen molar-refractivity contribution >= 4 is 29.9 Å². The Morgan fingerprint density at radius 1 is 1.12 bits per heavy atom. The maximum absolute atomic E-state index is 4.56. The molecule has 0 aliphatic rings. The number of rotatable bonds is 5. The third-order valence-electron chi connectivity index (χ3n) is 3.54. The van der Waals surface area contributed by atoms with Crippen LogP contribution in [0.3, 0.4) is 0 Å². The van der Waals surface area contributed by atoms with E-state index in [1.54, 1.807) is 13.4 Å². The molecule has 0 fully saturated rings. The van der Waals surface area contributed by atoms with E-state index >= 15 is 0 Å². The van der Waals surface area contributed by atoms with Crippen LogP contribution >= 0.6 is 24.0 Å². The van der Waals surface area contributed by atoms with Crippen molar-refractivity contribution in [3.05, 3.63) is 60.4 Å². The van der Waals surface area contributed by atoms with Gasteiger partial charge in [0.2, 0.25) is 0 Å². The Morgan fingerprint density at radius 3 is 2.56 bits per heavy atom. The van der Waals surface area contributed by atoms with Crippen LogP contribution in [-0.4, -0.2) is 37.6 Å². The van der Waals surface area contributed by atoms with Crippen LogP contribution in [0.5, 0.6) is 0 Å². The van der Waals surface area contributed by atoms with Crippen molar-refractivity contribution in [2.75, 3.05) is 7.05 Å². The molecule has 0 amide bonds. The van der Waals surface area contributed by atoms with Gasteiger partial charge in [-0.3, -0.25) is 4.99 Å². The molecule has 2 N–H and O–H groups in total. The Bertz CT molecular complexity index is 808. The van der Waals surface area contributed by atoms with Crippen LogP contribution in [0.25, 0.3) is 5.69 Å². The molecule has 3 rings (SSSR count). The number of aryl methyl sites for hydroxylation is 1. The van der Waals surface area contributed by atoms with Crippen LogP contribution in [0.15, 0.2) is 53.9 Å². The number of nitrogens with one attached hydrogen (secondary N) is 2. The topological polar surface area (TPSA) is 84.9 Å². The predicted octanol–water partition coefficient (Wildman–Crippen LogP) is 1.48. The van der Waals surface area contributed by atoms with Crippen LogP contribution in [0, 0.1) is 0 Å². The molecule has 2 aromatic heterocycles. The molecule has 0 saturated heterocycles. The fourth-order valence-corrected chi connectivity index (χ4v) is 2.21. The summed E-state index contributed by atoms with van der Waals surface area (Å²) >= 11 is 0. The highest BCUT2D eigenvalue weighted by molar-refractivity contribution is 14.0. The second-order valence-corrected chi connectivity index (χ2v) is 5.22. The van der Waals surface area contributed by atoms with Crippen LogP contribution < -0.4 is 10.6 Å². The highest BCUT2D eigenvalue weighted by Gasteiger charge is 2.05. The second-order valence-electron chi connectivity index (χ2n) is 5.22. The van der Waals surface area contributed by atoms with Crippen molar-refractivity contribution in [2.45, 2.75) is 13.1 Å². The molecule has 1 aromatic carbocycles. The number of aliphatic imine (C=N–C) groups is 1. The fourth-order valence-electron chi connectivity index (χ4n) is 2.21. The van der Waals surface area contributed by atoms with Crippen molar-refractivity contribution in [3.63, 3.8) is 0 Å². The highest BCUT2D eigenvalue weighted by Crippen LogP contribution is 2.06. The normalized spacial score (nSPS) is 11.0. The summed E-state index contributed by atoms with van der Waals surface area (Å²) in [6, 6.07) is 12.0. The molecule has 0 spiro atoms. The lowest BCUT2D eigenvalue weighted by Gasteiger charge is -2.10. The summed E-state index contributed by atoms with van der Waals surface area (Å²) in [5.41, 5.74) is 1.97. The van der Waals surface area contributed by atoms with Crippen molar-refractivity contribution in [1.82, 2.24) is 35.2 Å². The smallest absolute Gasteiger partial charge is 0.191 e. The summed E-state index contributed by atoms with van der Waals surface area (Å²) < 4.78 is 3.72. The maximum atomic E-state index is 4.56. The van der Waals surface area contributed by atoms with E-state index in [2.05, 4.69) is 30.9 Å². The summed E-state index contributed by atoms with van der Waals surface area (Å²) in [5.74, 6) is 1.53. The molecule has 132 valence electrons. The Hall–Kier alpha value is -2.43. The monoisotopic (exact) mass is 452 g/mol. The molecule has 25 heavy (non-hydrogen) atoms. The molecular formula is C16H21IN8. The third kappa shape index (κ3) is 5.02. The molecule has 8 nitrogen and oxygen atoms in total. The summed E-state index contributed by atoms with van der Waals surface area (Å²) in [4.78, 5) is 4.20. The van der Waals surface area contributed by atoms with Gasteiger partial charge in [0.1, 0.15) is 6.33 Å². The summed E-state index contributed by atoms with van der Waals surface area (Å²) in [6.07, 6.45) is 3.62. The van der Waals surface area contributed by atoms with Gasteiger partial charge in [-0.2, -0.15) is 5.10 Å². The molecule has 0 bridgehead atoms. The van der Waals surface area contributed by atoms with Gasteiger partial charge in [-0.25, -0.2) is 4.68 Å². The van der Waals surface area contributed by atoms with Gasteiger partial charge in [-0.15, -0.1) is 34.2 Å². The SMILES string of the molecule is CN=C(NCc1ccn(-c2ccccc2)n1)NCc1nncn1C.I. The molecular weight excluding hydrogens is 431 g/mol. The van der Waals surface area contributed by atoms with Gasteiger partial charge in [0.25, 0.3) is 0 Å². The van der Waals surface area contributed by atoms with E-state index in [1.807, 2.05) is 58.9 Å². The minimum atomic E-state index is 0. The number of hydrogen-bond donors (Lipinski definition) is 2. The van der Waals surface area contributed by atoms with Crippen LogP contribution in [0.4, 0.5) is 0 Å². The van der Waals surface area contributed by atoms with Crippen LogP contribution in [0.2, 0.25) is 0 Å². The maximum Gasteiger partial charge on any atom is 0.191 e. The zero-order valence-corrected chi connectivity index (χ0v) is 16.5. The molecule has 9 heteroatoms. The van der Waals surface area contributed by atoms with Gasteiger partial charge >= 0.3 is 0 Å². The Kier molecular flexibility index (Phi) is 6.92. The van der Waals surface area contributed by atoms with Gasteiger partial charge in [0, 0.05) is 20.3 Å². The Morgan fingerprint density at radius 2 is 1.88 bits per heavy atom. The largest absolute Gasteiger partial charge is 0.351 e. The number of aromatic nitrogens is 5. The summed E-state index contributed by atoms with van der Waals surface area (Å²) in [6.45, 7) is 1.13. The highest BCUT2D eigenvalue weighted by atomic mass is 127. The lowest BCUT2D eigenvalue weighted by atomic mass is 10.3. The predicted molar refractivity (Wildman–Crippen MR) is 107 cm³/mol. The van der Waals surface area contributed by atoms with Gasteiger partial charge in [0.15, 0.2) is 11.8 Å². The van der Waals surface area contributed by atoms with Crippen LogP contribution in [-0.2, 0) is 20.1 Å². The molecule has 0 saturated carbocycles. The molecule has 0 aliphatic heterocycles. The zero-order valence-electron chi connectivity index (χ0n) is 14.1. The third-order valence-corrected chi connectivity index (χ3v) is 3.54. The molecule has 2 heterocycles. The zero-order chi connectivity index (χ0) is 16.8. The van der Waals surface area contributed by atoms with E-state index in [4.69, 9.17) is 0 Å². The summed E-state index contributed by atoms with van der Waals surface area (Å²) in [5, 5.41) is 18.9. The van der Waals surface area contributed by atoms with Gasteiger partial charge in [-0.1, -0.05) is 18.2 Å². The van der Waals surface area contributed by atoms with Gasteiger partial charge in [-0.05, 0) is 18.2 Å². The molecule has 0 atom stereocenters. The molecule has 3 aromatic rings. The number of benzene rings is 1. The van der Waals surface area contributed by atoms with Crippen molar-refractivity contribution < 1.29 is 0 Å². The quantitative estimate of drug-likeness (QED) is 0.348. The van der Waals surface area contributed by atoms with Crippen LogP contribution in [0.1, 0.15) is 11.5 Å². The van der Waals surface area contributed by atoms with E-state index < -0.39 is 0 Å². The number of hydrogen-bond acceptors (Lipinski definition) is 4. The van der Waals surface area contributed by atoms with Crippen molar-refractivity contribution in [1.29, 1.82) is 0 Å². The molecule has 0 radical (unpaired) electrons. The number of halogens is 1. The fraction of sp³-hybridized carbons (Fsp3) is 0.250. The minimum Gasteiger partial charge on any atom is -0.351 e. The first kappa shape index (κ1) is 18.9. The first-order valence-corrected chi connectivity index (χ1v) is 7.63. The first-order valence-electron chi connectivity index (χ1n) is 7.63. The second kappa shape index (κ2) is 9.16. The molecule has 0 unspecified atom stereocenters. The van der Waals surface area contributed by atoms with Gasteiger partial charge < -0.3 is 15.2 Å².